The van der Waals surface area contributed by atoms with Gasteiger partial charge in [-0.3, -0.25) is 4.98 Å². The molecule has 0 saturated heterocycles. The molecule has 0 aromatic carbocycles. The van der Waals surface area contributed by atoms with Gasteiger partial charge in [0.2, 0.25) is 9.05 Å². The zero-order valence-corrected chi connectivity index (χ0v) is 13.4. The van der Waals surface area contributed by atoms with Crippen molar-refractivity contribution < 1.29 is 13.2 Å². The van der Waals surface area contributed by atoms with Crippen LogP contribution in [0.25, 0.3) is 0 Å². The minimum Gasteiger partial charge on any atom is -0.492 e. The summed E-state index contributed by atoms with van der Waals surface area (Å²) in [4.78, 5) is 3.90. The van der Waals surface area contributed by atoms with E-state index in [4.69, 9.17) is 27.0 Å². The first-order valence-corrected chi connectivity index (χ1v) is 8.59. The van der Waals surface area contributed by atoms with Crippen LogP contribution < -0.4 is 4.74 Å². The Morgan fingerprint density at radius 2 is 2.00 bits per heavy atom. The van der Waals surface area contributed by atoms with Gasteiger partial charge in [-0.1, -0.05) is 32.4 Å². The smallest absolute Gasteiger partial charge is 0.233 e. The molecule has 1 heterocycles. The van der Waals surface area contributed by atoms with Crippen LogP contribution in [-0.2, 0) is 9.05 Å². The van der Waals surface area contributed by atoms with Crippen molar-refractivity contribution in [2.24, 2.45) is 11.3 Å². The predicted molar refractivity (Wildman–Crippen MR) is 77.3 cm³/mol. The van der Waals surface area contributed by atoms with Gasteiger partial charge in [-0.15, -0.1) is 0 Å². The molecule has 0 radical (unpaired) electrons. The number of hydrogen-bond donors (Lipinski definition) is 0. The molecule has 4 nitrogen and oxygen atoms in total. The van der Waals surface area contributed by atoms with E-state index in [2.05, 4.69) is 4.98 Å². The van der Waals surface area contributed by atoms with Crippen LogP contribution in [0.2, 0.25) is 5.02 Å². The van der Waals surface area contributed by atoms with Crippen LogP contribution in [0.3, 0.4) is 0 Å². The Morgan fingerprint density at radius 1 is 1.37 bits per heavy atom. The summed E-state index contributed by atoms with van der Waals surface area (Å²) >= 11 is 5.80. The zero-order chi connectivity index (χ0) is 14.7. The van der Waals surface area contributed by atoms with Crippen molar-refractivity contribution >= 4 is 31.3 Å². The van der Waals surface area contributed by atoms with Gasteiger partial charge >= 0.3 is 0 Å². The number of nitrogens with zero attached hydrogens (tertiary/aromatic N) is 1. The van der Waals surface area contributed by atoms with Crippen LogP contribution in [0.15, 0.2) is 18.5 Å². The van der Waals surface area contributed by atoms with Crippen LogP contribution in [0.1, 0.15) is 20.8 Å². The number of hydrogen-bond acceptors (Lipinski definition) is 4. The maximum atomic E-state index is 11.2. The van der Waals surface area contributed by atoms with Crippen molar-refractivity contribution in [2.45, 2.75) is 20.8 Å². The molecule has 0 amide bonds. The topological polar surface area (TPSA) is 56.3 Å². The third-order valence-corrected chi connectivity index (χ3v) is 4.14. The summed E-state index contributed by atoms with van der Waals surface area (Å²) in [5.41, 5.74) is -0.242. The number of ether oxygens (including phenoxy) is 1. The Balaban J connectivity index is 2.74. The van der Waals surface area contributed by atoms with Crippen LogP contribution in [0, 0.1) is 11.3 Å². The standard InChI is InChI=1S/C12H17Cl2NO3S/c1-12(2,3)9(8-19(14,16)17)7-18-11-4-10(13)5-15-6-11/h4-6,9H,7-8H2,1-3H3. The highest BCUT2D eigenvalue weighted by atomic mass is 35.7. The maximum Gasteiger partial charge on any atom is 0.233 e. The van der Waals surface area contributed by atoms with Crippen molar-refractivity contribution in [3.8, 4) is 5.75 Å². The second-order valence-electron chi connectivity index (χ2n) is 5.42. The Labute approximate surface area is 123 Å². The van der Waals surface area contributed by atoms with E-state index in [9.17, 15) is 8.42 Å². The van der Waals surface area contributed by atoms with E-state index in [1.807, 2.05) is 20.8 Å². The summed E-state index contributed by atoms with van der Waals surface area (Å²) in [6.45, 7) is 6.06. The lowest BCUT2D eigenvalue weighted by atomic mass is 9.82. The van der Waals surface area contributed by atoms with Crippen molar-refractivity contribution in [3.63, 3.8) is 0 Å². The van der Waals surface area contributed by atoms with Crippen molar-refractivity contribution in [2.75, 3.05) is 12.4 Å². The van der Waals surface area contributed by atoms with Gasteiger partial charge in [0, 0.05) is 28.9 Å². The quantitative estimate of drug-likeness (QED) is 0.779. The first kappa shape index (κ1) is 16.5. The first-order valence-electron chi connectivity index (χ1n) is 5.73. The molecule has 19 heavy (non-hydrogen) atoms. The van der Waals surface area contributed by atoms with Gasteiger partial charge in [-0.05, 0) is 5.41 Å². The molecule has 0 aliphatic heterocycles. The fourth-order valence-electron chi connectivity index (χ4n) is 1.46. The summed E-state index contributed by atoms with van der Waals surface area (Å²) in [6, 6.07) is 1.63. The number of rotatable bonds is 5. The highest BCUT2D eigenvalue weighted by molar-refractivity contribution is 8.13. The summed E-state index contributed by atoms with van der Waals surface area (Å²) in [5.74, 6) is 0.147. The Kier molecular flexibility index (Phi) is 5.47. The van der Waals surface area contributed by atoms with Gasteiger partial charge in [-0.2, -0.15) is 0 Å². The number of aromatic nitrogens is 1. The van der Waals surface area contributed by atoms with Crippen molar-refractivity contribution in [3.05, 3.63) is 23.5 Å². The average Bonchev–Trinajstić information content (AvgIpc) is 2.21. The van der Waals surface area contributed by atoms with Gasteiger partial charge in [0.25, 0.3) is 0 Å². The number of halogens is 2. The normalized spacial score (nSPS) is 14.2. The monoisotopic (exact) mass is 325 g/mol. The molecule has 1 rings (SSSR count). The van der Waals surface area contributed by atoms with Crippen LogP contribution in [-0.4, -0.2) is 25.8 Å². The lowest BCUT2D eigenvalue weighted by Gasteiger charge is -2.29. The molecule has 0 aliphatic carbocycles. The highest BCUT2D eigenvalue weighted by Gasteiger charge is 2.29. The molecule has 0 N–H and O–H groups in total. The van der Waals surface area contributed by atoms with Crippen molar-refractivity contribution in [1.29, 1.82) is 0 Å². The van der Waals surface area contributed by atoms with E-state index < -0.39 is 9.05 Å². The summed E-state index contributed by atoms with van der Waals surface area (Å²) in [5, 5.41) is 0.467. The third-order valence-electron chi connectivity index (χ3n) is 2.76. The van der Waals surface area contributed by atoms with Crippen LogP contribution >= 0.6 is 22.3 Å². The predicted octanol–water partition coefficient (Wildman–Crippen LogP) is 3.34. The molecule has 1 aromatic heterocycles. The molecule has 1 unspecified atom stereocenters. The molecule has 0 spiro atoms. The number of pyridine rings is 1. The van der Waals surface area contributed by atoms with Gasteiger partial charge in [0.15, 0.2) is 0 Å². The molecule has 0 aliphatic rings. The zero-order valence-electron chi connectivity index (χ0n) is 11.1. The molecule has 7 heteroatoms. The maximum absolute atomic E-state index is 11.2. The van der Waals surface area contributed by atoms with Crippen LogP contribution in [0.4, 0.5) is 0 Å². The molecule has 0 saturated carbocycles. The molecule has 1 aromatic rings. The SMILES string of the molecule is CC(C)(C)C(COc1cncc(Cl)c1)CS(=O)(=O)Cl. The van der Waals surface area contributed by atoms with Gasteiger partial charge < -0.3 is 4.74 Å². The molecule has 1 atom stereocenters. The largest absolute Gasteiger partial charge is 0.492 e. The lowest BCUT2D eigenvalue weighted by molar-refractivity contribution is 0.163. The average molecular weight is 326 g/mol. The Bertz CT molecular complexity index is 526. The van der Waals surface area contributed by atoms with Gasteiger partial charge in [0.05, 0.1) is 23.6 Å². The Morgan fingerprint density at radius 3 is 2.47 bits per heavy atom. The van der Waals surface area contributed by atoms with E-state index in [-0.39, 0.29) is 23.7 Å². The second kappa shape index (κ2) is 6.29. The fraction of sp³-hybridized carbons (Fsp3) is 0.583. The van der Waals surface area contributed by atoms with E-state index in [1.165, 1.54) is 12.4 Å². The first-order chi connectivity index (χ1) is 8.58. The highest BCUT2D eigenvalue weighted by Crippen LogP contribution is 2.29. The van der Waals surface area contributed by atoms with Crippen molar-refractivity contribution in [1.82, 2.24) is 4.98 Å². The van der Waals surface area contributed by atoms with Crippen LogP contribution in [0.5, 0.6) is 5.75 Å². The van der Waals surface area contributed by atoms with Gasteiger partial charge in [-0.25, -0.2) is 8.42 Å². The van der Waals surface area contributed by atoms with E-state index in [1.54, 1.807) is 6.07 Å². The van der Waals surface area contributed by atoms with Gasteiger partial charge in [0.1, 0.15) is 5.75 Å². The molecule has 0 fully saturated rings. The van der Waals surface area contributed by atoms with E-state index in [0.717, 1.165) is 0 Å². The minimum absolute atomic E-state index is 0.133. The fourth-order valence-corrected chi connectivity index (χ4v) is 3.15. The Hall–Kier alpha value is -0.520. The van der Waals surface area contributed by atoms with E-state index in [0.29, 0.717) is 10.8 Å². The lowest BCUT2D eigenvalue weighted by Crippen LogP contribution is -2.31. The molecule has 108 valence electrons. The second-order valence-corrected chi connectivity index (χ2v) is 8.68. The molecule has 0 bridgehead atoms. The third kappa shape index (κ3) is 6.45. The summed E-state index contributed by atoms with van der Waals surface area (Å²) in [7, 11) is 1.76. The summed E-state index contributed by atoms with van der Waals surface area (Å²) in [6.07, 6.45) is 3.03. The summed E-state index contributed by atoms with van der Waals surface area (Å²) < 4.78 is 28.0. The minimum atomic E-state index is -3.57. The molecular formula is C12H17Cl2NO3S. The van der Waals surface area contributed by atoms with E-state index >= 15 is 0 Å². The molecular weight excluding hydrogens is 309 g/mol.